The molecule has 0 atom stereocenters. The molecule has 0 heterocycles. The van der Waals surface area contributed by atoms with Crippen LogP contribution in [0.1, 0.15) is 0 Å². The molecule has 2 N–H and O–H groups in total. The van der Waals surface area contributed by atoms with Crippen LogP contribution in [0.4, 0.5) is 0 Å². The summed E-state index contributed by atoms with van der Waals surface area (Å²) in [6, 6.07) is 9.49. The molecule has 5 heteroatoms. The van der Waals surface area contributed by atoms with Crippen molar-refractivity contribution < 1.29 is 70.1 Å². The van der Waals surface area contributed by atoms with E-state index in [1.165, 1.54) is 0 Å². The molecule has 0 spiro atoms. The summed E-state index contributed by atoms with van der Waals surface area (Å²) < 4.78 is 0. The maximum Gasteiger partial charge on any atom is 1.00 e. The van der Waals surface area contributed by atoms with E-state index in [1.807, 2.05) is 30.3 Å². The number of benzene rings is 1. The van der Waals surface area contributed by atoms with E-state index in [1.54, 1.807) is 0 Å². The zero-order valence-corrected chi connectivity index (χ0v) is 10.9. The second kappa shape index (κ2) is 13.8. The Hall–Kier alpha value is 1.20. The van der Waals surface area contributed by atoms with Crippen molar-refractivity contribution in [2.75, 3.05) is 0 Å². The Labute approximate surface area is 112 Å². The van der Waals surface area contributed by atoms with Crippen molar-refractivity contribution >= 4 is 13.3 Å². The van der Waals surface area contributed by atoms with Gasteiger partial charge in [-0.2, -0.15) is 0 Å². The first-order valence-corrected chi connectivity index (χ1v) is 2.20. The predicted molar refractivity (Wildman–Crippen MR) is 35.7 cm³/mol. The van der Waals surface area contributed by atoms with Crippen LogP contribution >= 0.6 is 0 Å². The molecule has 0 aliphatic rings. The smallest absolute Gasteiger partial charge is 0.870 e. The molecule has 0 amide bonds. The van der Waals surface area contributed by atoms with Crippen LogP contribution in [0.2, 0.25) is 0 Å². The van der Waals surface area contributed by atoms with Gasteiger partial charge in [-0.25, -0.2) is 0 Å². The molecule has 1 aromatic rings. The molecular formula is C6H7BNa2O2. The van der Waals surface area contributed by atoms with E-state index in [0.29, 0.717) is 0 Å². The minimum Gasteiger partial charge on any atom is -0.870 e. The van der Waals surface area contributed by atoms with Crippen molar-refractivity contribution in [2.45, 2.75) is 0 Å². The van der Waals surface area contributed by atoms with Crippen LogP contribution in [-0.4, -0.2) is 18.8 Å². The topological polar surface area (TPSA) is 60.0 Å². The van der Waals surface area contributed by atoms with Gasteiger partial charge in [0.25, 0.3) is 0 Å². The van der Waals surface area contributed by atoms with Crippen LogP contribution in [0.5, 0.6) is 0 Å². The van der Waals surface area contributed by atoms with Gasteiger partial charge < -0.3 is 11.0 Å². The molecule has 0 aliphatic heterocycles. The van der Waals surface area contributed by atoms with Crippen LogP contribution < -0.4 is 64.6 Å². The monoisotopic (exact) mass is 168 g/mol. The maximum atomic E-state index is 5.36. The second-order valence-corrected chi connectivity index (χ2v) is 1.41. The molecule has 1 rings (SSSR count). The SMILES string of the molecule is [B]c1ccccc1.[Na+].[Na+].[OH-].[OH-]. The average molecular weight is 168 g/mol. The molecule has 11 heavy (non-hydrogen) atoms. The van der Waals surface area contributed by atoms with Crippen molar-refractivity contribution in [3.8, 4) is 0 Å². The molecule has 1 aromatic carbocycles. The van der Waals surface area contributed by atoms with Gasteiger partial charge >= 0.3 is 59.1 Å². The molecule has 2 nitrogen and oxygen atoms in total. The molecule has 0 unspecified atom stereocenters. The van der Waals surface area contributed by atoms with E-state index in [-0.39, 0.29) is 70.1 Å². The number of hydrogen-bond donors (Lipinski definition) is 0. The third kappa shape index (κ3) is 11.2. The average Bonchev–Trinajstić information content (AvgIpc) is 1.69. The Bertz CT molecular complexity index is 149. The summed E-state index contributed by atoms with van der Waals surface area (Å²) in [4.78, 5) is 0. The Morgan fingerprint density at radius 2 is 1.18 bits per heavy atom. The normalized spacial score (nSPS) is 5.45. The summed E-state index contributed by atoms with van der Waals surface area (Å²) in [6.45, 7) is 0. The minimum atomic E-state index is 0. The Morgan fingerprint density at radius 3 is 1.36 bits per heavy atom. The third-order valence-electron chi connectivity index (χ3n) is 0.800. The predicted octanol–water partition coefficient (Wildman–Crippen LogP) is -5.87. The Morgan fingerprint density at radius 1 is 0.818 bits per heavy atom. The van der Waals surface area contributed by atoms with Gasteiger partial charge in [0.1, 0.15) is 7.85 Å². The molecule has 0 saturated carbocycles. The van der Waals surface area contributed by atoms with Crippen molar-refractivity contribution in [3.63, 3.8) is 0 Å². The van der Waals surface area contributed by atoms with Gasteiger partial charge in [0, 0.05) is 0 Å². The molecule has 0 aromatic heterocycles. The number of rotatable bonds is 0. The van der Waals surface area contributed by atoms with Crippen LogP contribution in [0.3, 0.4) is 0 Å². The van der Waals surface area contributed by atoms with Crippen LogP contribution in [0.15, 0.2) is 30.3 Å². The quantitative estimate of drug-likeness (QED) is 0.362. The third-order valence-corrected chi connectivity index (χ3v) is 0.800. The van der Waals surface area contributed by atoms with Crippen LogP contribution in [0.25, 0.3) is 0 Å². The van der Waals surface area contributed by atoms with Crippen molar-refractivity contribution in [1.29, 1.82) is 0 Å². The van der Waals surface area contributed by atoms with Gasteiger partial charge in [-0.15, -0.1) is 0 Å². The first-order valence-electron chi connectivity index (χ1n) is 2.20. The van der Waals surface area contributed by atoms with Gasteiger partial charge in [-0.1, -0.05) is 35.8 Å². The fraction of sp³-hybridized carbons (Fsp3) is 0. The summed E-state index contributed by atoms with van der Waals surface area (Å²) in [6.07, 6.45) is 0. The summed E-state index contributed by atoms with van der Waals surface area (Å²) >= 11 is 0. The van der Waals surface area contributed by atoms with E-state index in [2.05, 4.69) is 0 Å². The van der Waals surface area contributed by atoms with Crippen LogP contribution in [0, 0.1) is 0 Å². The van der Waals surface area contributed by atoms with Crippen molar-refractivity contribution in [3.05, 3.63) is 30.3 Å². The molecule has 0 saturated heterocycles. The van der Waals surface area contributed by atoms with E-state index < -0.39 is 0 Å². The Balaban J connectivity index is -0.0000000612. The molecular weight excluding hydrogens is 161 g/mol. The first kappa shape index (κ1) is 22.8. The Kier molecular flexibility index (Phi) is 28.5. The van der Waals surface area contributed by atoms with E-state index in [4.69, 9.17) is 7.85 Å². The fourth-order valence-corrected chi connectivity index (χ4v) is 0.453. The molecule has 2 radical (unpaired) electrons. The standard InChI is InChI=1S/C6H5B.2Na.2H2O/c7-6-4-2-1-3-5-6;;;;/h1-5H;;;2*1H2/q;2*+1;;/p-2. The van der Waals surface area contributed by atoms with Gasteiger partial charge in [0.15, 0.2) is 0 Å². The second-order valence-electron chi connectivity index (χ2n) is 1.41. The zero-order valence-electron chi connectivity index (χ0n) is 6.86. The van der Waals surface area contributed by atoms with Crippen molar-refractivity contribution in [2.24, 2.45) is 0 Å². The molecule has 0 fully saturated rings. The van der Waals surface area contributed by atoms with Crippen molar-refractivity contribution in [1.82, 2.24) is 0 Å². The molecule has 0 aliphatic carbocycles. The van der Waals surface area contributed by atoms with Gasteiger partial charge in [0.2, 0.25) is 0 Å². The van der Waals surface area contributed by atoms with Gasteiger partial charge in [-0.05, 0) is 0 Å². The molecule has 48 valence electrons. The summed E-state index contributed by atoms with van der Waals surface area (Å²) in [5.41, 5.74) is 0.822. The van der Waals surface area contributed by atoms with Gasteiger partial charge in [0.05, 0.1) is 0 Å². The van der Waals surface area contributed by atoms with E-state index in [9.17, 15) is 0 Å². The maximum absolute atomic E-state index is 5.36. The molecule has 0 bridgehead atoms. The fourth-order valence-electron chi connectivity index (χ4n) is 0.453. The van der Waals surface area contributed by atoms with E-state index >= 15 is 0 Å². The summed E-state index contributed by atoms with van der Waals surface area (Å²) in [5.74, 6) is 0. The summed E-state index contributed by atoms with van der Waals surface area (Å²) in [5, 5.41) is 0. The first-order chi connectivity index (χ1) is 3.39. The largest absolute Gasteiger partial charge is 1.00 e. The minimum absolute atomic E-state index is 0. The van der Waals surface area contributed by atoms with E-state index in [0.717, 1.165) is 5.46 Å². The number of hydrogen-bond acceptors (Lipinski definition) is 2. The summed E-state index contributed by atoms with van der Waals surface area (Å²) in [7, 11) is 5.36. The zero-order chi connectivity index (χ0) is 5.11. The van der Waals surface area contributed by atoms with Gasteiger partial charge in [-0.3, -0.25) is 0 Å². The van der Waals surface area contributed by atoms with Crippen LogP contribution in [-0.2, 0) is 0 Å².